The third kappa shape index (κ3) is 6.41. The second-order valence-corrected chi connectivity index (χ2v) is 12.2. The van der Waals surface area contributed by atoms with Crippen molar-refractivity contribution < 1.29 is 36.0 Å². The molecule has 0 heterocycles. The van der Waals surface area contributed by atoms with Crippen LogP contribution in [-0.4, -0.2) is 51.9 Å². The van der Waals surface area contributed by atoms with Gasteiger partial charge in [0.2, 0.25) is 0 Å². The molecule has 0 radical (unpaired) electrons. The largest absolute Gasteiger partial charge is 0.465 e. The second kappa shape index (κ2) is 12.0. The zero-order chi connectivity index (χ0) is 30.7. The van der Waals surface area contributed by atoms with E-state index in [0.717, 1.165) is 6.07 Å². The van der Waals surface area contributed by atoms with Crippen LogP contribution in [0.5, 0.6) is 0 Å². The molecule has 0 amide bonds. The van der Waals surface area contributed by atoms with Gasteiger partial charge in [-0.3, -0.25) is 4.55 Å². The third-order valence-corrected chi connectivity index (χ3v) is 8.54. The Bertz CT molecular complexity index is 1980. The first kappa shape index (κ1) is 30.2. The smallest absolute Gasteiger partial charge is 0.340 e. The molecule has 4 aromatic rings. The van der Waals surface area contributed by atoms with Crippen molar-refractivity contribution in [2.24, 2.45) is 20.5 Å². The van der Waals surface area contributed by atoms with Gasteiger partial charge in [0.05, 0.1) is 47.0 Å². The molecule has 4 rings (SSSR count). The molecule has 0 unspecified atom stereocenters. The quantitative estimate of drug-likeness (QED) is 0.0884. The Morgan fingerprint density at radius 3 is 2.19 bits per heavy atom. The number of anilines is 2. The van der Waals surface area contributed by atoms with E-state index in [1.807, 2.05) is 0 Å². The molecule has 0 aliphatic heterocycles. The van der Waals surface area contributed by atoms with Gasteiger partial charge in [0, 0.05) is 0 Å². The lowest BCUT2D eigenvalue weighted by molar-refractivity contribution is 0.0601. The molecule has 0 atom stereocenters. The second-order valence-electron chi connectivity index (χ2n) is 8.69. The molecule has 0 aliphatic rings. The Kier molecular flexibility index (Phi) is 8.62. The number of fused-ring (bicyclic) bond motifs is 1. The highest BCUT2D eigenvalue weighted by atomic mass is 32.2. The summed E-state index contributed by atoms with van der Waals surface area (Å²) in [4.78, 5) is 11.4. The van der Waals surface area contributed by atoms with Crippen molar-refractivity contribution in [3.8, 4) is 0 Å². The number of nitrogen functional groups attached to an aromatic ring is 2. The van der Waals surface area contributed by atoms with Crippen molar-refractivity contribution in [2.75, 3.05) is 30.9 Å². The van der Waals surface area contributed by atoms with E-state index in [1.165, 1.54) is 37.4 Å². The van der Waals surface area contributed by atoms with Crippen LogP contribution in [-0.2, 0) is 24.7 Å². The van der Waals surface area contributed by atoms with Crippen LogP contribution in [0.1, 0.15) is 10.4 Å². The number of nitrogens with two attached hydrogens (primary N) is 2. The summed E-state index contributed by atoms with van der Waals surface area (Å²) in [5, 5.41) is 26.3. The SMILES string of the molecule is COC(=O)c1ccccc1/N=N/c1c(N)c(/N=N/c2ccc3cc(S(=O)(=O)CCO)ccc3c2)cc(S(=O)(=O)O)c1N. The fourth-order valence-corrected chi connectivity index (χ4v) is 5.52. The normalized spacial score (nSPS) is 12.4. The lowest BCUT2D eigenvalue weighted by atomic mass is 10.1. The molecule has 218 valence electrons. The van der Waals surface area contributed by atoms with Crippen LogP contribution in [0.2, 0.25) is 0 Å². The maximum absolute atomic E-state index is 12.3. The van der Waals surface area contributed by atoms with Crippen LogP contribution in [0.15, 0.2) is 97.0 Å². The Hall–Kier alpha value is -4.77. The van der Waals surface area contributed by atoms with E-state index < -0.39 is 48.9 Å². The van der Waals surface area contributed by atoms with Gasteiger partial charge in [0.1, 0.15) is 22.0 Å². The lowest BCUT2D eigenvalue weighted by Crippen LogP contribution is -2.09. The third-order valence-electron chi connectivity index (χ3n) is 5.95. The fourth-order valence-electron chi connectivity index (χ4n) is 3.83. The monoisotopic (exact) mass is 612 g/mol. The predicted molar refractivity (Wildman–Crippen MR) is 154 cm³/mol. The number of sulfone groups is 1. The van der Waals surface area contributed by atoms with Crippen LogP contribution >= 0.6 is 0 Å². The zero-order valence-electron chi connectivity index (χ0n) is 21.9. The maximum Gasteiger partial charge on any atom is 0.340 e. The molecule has 0 aliphatic carbocycles. The minimum atomic E-state index is -4.86. The molecule has 0 saturated heterocycles. The van der Waals surface area contributed by atoms with E-state index in [4.69, 9.17) is 21.3 Å². The number of hydrogen-bond donors (Lipinski definition) is 4. The highest BCUT2D eigenvalue weighted by Gasteiger charge is 2.23. The molecular weight excluding hydrogens is 588 g/mol. The highest BCUT2D eigenvalue weighted by Crippen LogP contribution is 2.43. The van der Waals surface area contributed by atoms with Crippen molar-refractivity contribution in [2.45, 2.75) is 9.79 Å². The van der Waals surface area contributed by atoms with Gasteiger partial charge in [-0.1, -0.05) is 24.3 Å². The molecule has 6 N–H and O–H groups in total. The Labute approximate surface area is 240 Å². The van der Waals surface area contributed by atoms with Crippen LogP contribution < -0.4 is 11.5 Å². The number of rotatable bonds is 9. The van der Waals surface area contributed by atoms with Crippen LogP contribution in [0.3, 0.4) is 0 Å². The molecule has 42 heavy (non-hydrogen) atoms. The van der Waals surface area contributed by atoms with Gasteiger partial charge < -0.3 is 21.3 Å². The summed E-state index contributed by atoms with van der Waals surface area (Å²) in [6, 6.07) is 16.2. The number of carbonyl (C=O) groups excluding carboxylic acids is 1. The summed E-state index contributed by atoms with van der Waals surface area (Å²) in [5.41, 5.74) is 11.3. The molecule has 0 fully saturated rings. The van der Waals surface area contributed by atoms with Crippen molar-refractivity contribution in [3.05, 3.63) is 72.3 Å². The number of aliphatic hydroxyl groups excluding tert-OH is 1. The van der Waals surface area contributed by atoms with E-state index in [2.05, 4.69) is 20.5 Å². The van der Waals surface area contributed by atoms with Crippen molar-refractivity contribution in [3.63, 3.8) is 0 Å². The summed E-state index contributed by atoms with van der Waals surface area (Å²) < 4.78 is 63.1. The molecule has 0 aromatic heterocycles. The molecule has 4 aromatic carbocycles. The van der Waals surface area contributed by atoms with E-state index in [-0.39, 0.29) is 33.2 Å². The summed E-state index contributed by atoms with van der Waals surface area (Å²) in [6.45, 7) is -0.503. The van der Waals surface area contributed by atoms with Gasteiger partial charge in [0.25, 0.3) is 10.1 Å². The van der Waals surface area contributed by atoms with Gasteiger partial charge >= 0.3 is 5.97 Å². The van der Waals surface area contributed by atoms with Gasteiger partial charge in [-0.2, -0.15) is 13.5 Å². The minimum absolute atomic E-state index is 0.0571. The van der Waals surface area contributed by atoms with E-state index in [0.29, 0.717) is 16.5 Å². The van der Waals surface area contributed by atoms with E-state index in [1.54, 1.807) is 30.3 Å². The maximum atomic E-state index is 12.3. The topological polar surface area (TPSA) is 237 Å². The zero-order valence-corrected chi connectivity index (χ0v) is 23.5. The molecule has 16 heteroatoms. The summed E-state index contributed by atoms with van der Waals surface area (Å²) in [6.07, 6.45) is 0. The number of esters is 1. The molecular formula is C26H24N6O8S2. The van der Waals surface area contributed by atoms with Crippen LogP contribution in [0.4, 0.5) is 34.1 Å². The number of nitrogens with zero attached hydrogens (tertiary/aromatic N) is 4. The van der Waals surface area contributed by atoms with E-state index >= 15 is 0 Å². The van der Waals surface area contributed by atoms with Crippen LogP contribution in [0.25, 0.3) is 10.8 Å². The average molecular weight is 613 g/mol. The van der Waals surface area contributed by atoms with Crippen molar-refractivity contribution in [1.29, 1.82) is 0 Å². The molecule has 0 bridgehead atoms. The first-order valence-electron chi connectivity index (χ1n) is 11.9. The van der Waals surface area contributed by atoms with Gasteiger partial charge in [-0.05, 0) is 53.2 Å². The minimum Gasteiger partial charge on any atom is -0.465 e. The van der Waals surface area contributed by atoms with Crippen LogP contribution in [0, 0.1) is 0 Å². The Balaban J connectivity index is 1.76. The lowest BCUT2D eigenvalue weighted by Gasteiger charge is -2.10. The number of carbonyl (C=O) groups is 1. The number of benzene rings is 4. The number of methoxy groups -OCH3 is 1. The fraction of sp³-hybridized carbons (Fsp3) is 0.115. The summed E-state index contributed by atoms with van der Waals surface area (Å²) in [7, 11) is -7.31. The Morgan fingerprint density at radius 2 is 1.50 bits per heavy atom. The standard InChI is InChI=1S/C26H24N6O8S2/c1-40-26(34)19-4-2-3-5-20(19)30-32-25-23(27)21(14-22(24(25)28)42(37,38)39)31-29-17-8-6-16-13-18(9-7-15(16)12-17)41(35,36)11-10-33/h2-9,12-14,33H,10-11,27-28H2,1H3,(H,37,38,39)/b31-29+,32-30+. The number of ether oxygens (including phenoxy) is 1. The number of hydrogen-bond acceptors (Lipinski definition) is 13. The molecule has 0 spiro atoms. The van der Waals surface area contributed by atoms with Gasteiger partial charge in [0.15, 0.2) is 9.84 Å². The van der Waals surface area contributed by atoms with Crippen molar-refractivity contribution >= 4 is 70.8 Å². The molecule has 14 nitrogen and oxygen atoms in total. The number of aliphatic hydroxyl groups is 1. The Morgan fingerprint density at radius 1 is 0.833 bits per heavy atom. The summed E-state index contributed by atoms with van der Waals surface area (Å²) in [5.74, 6) is -1.09. The first-order chi connectivity index (χ1) is 19.9. The van der Waals surface area contributed by atoms with Gasteiger partial charge in [-0.15, -0.1) is 15.3 Å². The van der Waals surface area contributed by atoms with Crippen molar-refractivity contribution in [1.82, 2.24) is 0 Å². The predicted octanol–water partition coefficient (Wildman–Crippen LogP) is 4.63. The average Bonchev–Trinajstić information content (AvgIpc) is 2.95. The molecule has 0 saturated carbocycles. The highest BCUT2D eigenvalue weighted by molar-refractivity contribution is 7.91. The van der Waals surface area contributed by atoms with E-state index in [9.17, 15) is 26.2 Å². The summed E-state index contributed by atoms with van der Waals surface area (Å²) >= 11 is 0. The number of azo groups is 2. The van der Waals surface area contributed by atoms with Gasteiger partial charge in [-0.25, -0.2) is 13.2 Å². The first-order valence-corrected chi connectivity index (χ1v) is 15.0.